The van der Waals surface area contributed by atoms with Crippen LogP contribution in [0.4, 0.5) is 0 Å². The molecular weight excluding hydrogens is 357 g/mol. The molecule has 0 spiro atoms. The van der Waals surface area contributed by atoms with Crippen LogP contribution in [0, 0.1) is 4.77 Å². The summed E-state index contributed by atoms with van der Waals surface area (Å²) < 4.78 is 1.31. The van der Waals surface area contributed by atoms with Gasteiger partial charge in [-0.05, 0) is 48.6 Å². The Hall–Kier alpha value is -2.15. The van der Waals surface area contributed by atoms with Crippen molar-refractivity contribution in [1.29, 1.82) is 0 Å². The zero-order valence-corrected chi connectivity index (χ0v) is 13.8. The third-order valence-corrected chi connectivity index (χ3v) is 3.82. The maximum absolute atomic E-state index is 12.1. The normalized spacial score (nSPS) is 14.8. The summed E-state index contributed by atoms with van der Waals surface area (Å²) >= 11 is 17.1. The van der Waals surface area contributed by atoms with Crippen molar-refractivity contribution in [2.24, 2.45) is 4.99 Å². The zero-order valence-electron chi connectivity index (χ0n) is 11.5. The molecule has 1 aromatic heterocycles. The van der Waals surface area contributed by atoms with Crippen LogP contribution in [-0.2, 0) is 0 Å². The fraction of sp³-hybridized carbons (Fsp3) is 0. The quantitative estimate of drug-likeness (QED) is 0.793. The summed E-state index contributed by atoms with van der Waals surface area (Å²) in [4.78, 5) is 18.7. The van der Waals surface area contributed by atoms with Crippen LogP contribution in [-0.4, -0.2) is 20.9 Å². The van der Waals surface area contributed by atoms with Crippen LogP contribution in [0.3, 0.4) is 0 Å². The van der Waals surface area contributed by atoms with E-state index in [-0.39, 0.29) is 16.2 Å². The number of aromatic hydroxyl groups is 1. The molecular formula is C15H9Cl2N3O2S. The average Bonchev–Trinajstić information content (AvgIpc) is 2.95. The molecule has 0 atom stereocenters. The first-order valence-corrected chi connectivity index (χ1v) is 7.59. The van der Waals surface area contributed by atoms with E-state index in [1.54, 1.807) is 36.6 Å². The molecule has 0 amide bonds. The lowest BCUT2D eigenvalue weighted by molar-refractivity contribution is 0.432. The number of nitrogens with one attached hydrogen (secondary N) is 1. The number of benzene rings is 1. The van der Waals surface area contributed by atoms with Gasteiger partial charge >= 0.3 is 0 Å². The van der Waals surface area contributed by atoms with E-state index in [0.717, 1.165) is 0 Å². The molecule has 3 rings (SSSR count). The number of nitrogens with zero attached hydrogens (tertiary/aromatic N) is 2. The number of hydrogen-bond acceptors (Lipinski definition) is 4. The molecule has 8 heteroatoms. The Morgan fingerprint density at radius 1 is 1.26 bits per heavy atom. The molecule has 2 aromatic rings. The molecule has 0 unspecified atom stereocenters. The topological polar surface area (TPSA) is 70.4 Å². The molecule has 1 aliphatic rings. The van der Waals surface area contributed by atoms with Crippen LogP contribution in [0.5, 0.6) is 5.88 Å². The van der Waals surface area contributed by atoms with Gasteiger partial charge in [-0.25, -0.2) is 0 Å². The molecule has 23 heavy (non-hydrogen) atoms. The molecule has 1 aromatic carbocycles. The van der Waals surface area contributed by atoms with Crippen LogP contribution in [0.2, 0.25) is 10.0 Å². The third kappa shape index (κ3) is 3.14. The van der Waals surface area contributed by atoms with Gasteiger partial charge in [-0.1, -0.05) is 23.2 Å². The van der Waals surface area contributed by atoms with Crippen molar-refractivity contribution in [2.75, 3.05) is 0 Å². The zero-order chi connectivity index (χ0) is 16.6. The highest BCUT2D eigenvalue weighted by Gasteiger charge is 2.14. The molecule has 0 aliphatic carbocycles. The van der Waals surface area contributed by atoms with Crippen LogP contribution < -0.4 is 5.56 Å². The van der Waals surface area contributed by atoms with E-state index in [4.69, 9.17) is 35.4 Å². The van der Waals surface area contributed by atoms with Gasteiger partial charge in [0.05, 0.1) is 11.4 Å². The minimum absolute atomic E-state index is 0.0263. The summed E-state index contributed by atoms with van der Waals surface area (Å²) in [5.41, 5.74) is 0.498. The summed E-state index contributed by atoms with van der Waals surface area (Å²) in [5.74, 6) is -0.319. The van der Waals surface area contributed by atoms with Gasteiger partial charge in [-0.3, -0.25) is 19.3 Å². The Bertz CT molecular complexity index is 969. The highest BCUT2D eigenvalue weighted by Crippen LogP contribution is 2.27. The van der Waals surface area contributed by atoms with Gasteiger partial charge in [0, 0.05) is 16.3 Å². The minimum Gasteiger partial charge on any atom is -0.494 e. The average molecular weight is 366 g/mol. The number of aromatic amines is 1. The van der Waals surface area contributed by atoms with E-state index >= 15 is 0 Å². The van der Waals surface area contributed by atoms with Crippen LogP contribution >= 0.6 is 35.4 Å². The lowest BCUT2D eigenvalue weighted by Gasteiger charge is -2.12. The van der Waals surface area contributed by atoms with Crippen molar-refractivity contribution < 1.29 is 5.11 Å². The fourth-order valence-corrected chi connectivity index (χ4v) is 2.92. The Kier molecular flexibility index (Phi) is 4.21. The Morgan fingerprint density at radius 2 is 1.96 bits per heavy atom. The second-order valence-corrected chi connectivity index (χ2v) is 5.93. The Morgan fingerprint density at radius 3 is 2.57 bits per heavy atom. The lowest BCUT2D eigenvalue weighted by Crippen LogP contribution is -2.16. The maximum atomic E-state index is 12.1. The molecule has 0 saturated heterocycles. The van der Waals surface area contributed by atoms with Crippen LogP contribution in [0.1, 0.15) is 5.56 Å². The van der Waals surface area contributed by atoms with E-state index in [0.29, 0.717) is 21.4 Å². The summed E-state index contributed by atoms with van der Waals surface area (Å²) in [6.45, 7) is 0. The number of halogens is 2. The molecule has 116 valence electrons. The predicted octanol–water partition coefficient (Wildman–Crippen LogP) is 3.89. The van der Waals surface area contributed by atoms with Crippen molar-refractivity contribution >= 4 is 47.7 Å². The summed E-state index contributed by atoms with van der Waals surface area (Å²) in [6.07, 6.45) is 6.49. The fourth-order valence-electron chi connectivity index (χ4n) is 2.12. The van der Waals surface area contributed by atoms with E-state index in [2.05, 4.69) is 9.98 Å². The maximum Gasteiger partial charge on any atom is 0.262 e. The number of H-pyrrole nitrogens is 1. The molecule has 2 N–H and O–H groups in total. The first-order valence-electron chi connectivity index (χ1n) is 6.43. The smallest absolute Gasteiger partial charge is 0.262 e. The van der Waals surface area contributed by atoms with Gasteiger partial charge in [0.1, 0.15) is 5.56 Å². The second-order valence-electron chi connectivity index (χ2n) is 4.67. The molecule has 0 bridgehead atoms. The van der Waals surface area contributed by atoms with Gasteiger partial charge < -0.3 is 5.11 Å². The van der Waals surface area contributed by atoms with Gasteiger partial charge in [-0.15, -0.1) is 0 Å². The lowest BCUT2D eigenvalue weighted by atomic mass is 10.2. The monoisotopic (exact) mass is 365 g/mol. The third-order valence-electron chi connectivity index (χ3n) is 3.10. The predicted molar refractivity (Wildman–Crippen MR) is 94.5 cm³/mol. The Balaban J connectivity index is 2.28. The molecule has 0 fully saturated rings. The van der Waals surface area contributed by atoms with Crippen molar-refractivity contribution in [3.8, 4) is 11.6 Å². The summed E-state index contributed by atoms with van der Waals surface area (Å²) in [6, 6.07) is 4.71. The van der Waals surface area contributed by atoms with Gasteiger partial charge in [0.15, 0.2) is 4.77 Å². The molecule has 0 saturated carbocycles. The van der Waals surface area contributed by atoms with E-state index in [1.807, 2.05) is 0 Å². The number of aliphatic imine (C=N–C) groups is 1. The number of rotatable bonds is 2. The first kappa shape index (κ1) is 15.7. The Labute approximate surface area is 145 Å². The van der Waals surface area contributed by atoms with E-state index in [9.17, 15) is 9.90 Å². The van der Waals surface area contributed by atoms with Crippen molar-refractivity contribution in [3.05, 3.63) is 66.8 Å². The van der Waals surface area contributed by atoms with Crippen LogP contribution in [0.15, 0.2) is 45.8 Å². The van der Waals surface area contributed by atoms with Crippen molar-refractivity contribution in [1.82, 2.24) is 9.55 Å². The van der Waals surface area contributed by atoms with Gasteiger partial charge in [0.2, 0.25) is 5.88 Å². The molecule has 2 heterocycles. The van der Waals surface area contributed by atoms with E-state index < -0.39 is 5.56 Å². The van der Waals surface area contributed by atoms with Crippen LogP contribution in [0.25, 0.3) is 11.8 Å². The number of allylic oxidation sites excluding steroid dienone is 2. The van der Waals surface area contributed by atoms with E-state index in [1.165, 1.54) is 10.6 Å². The number of hydrogen-bond donors (Lipinski definition) is 2. The highest BCUT2D eigenvalue weighted by molar-refractivity contribution is 7.71. The van der Waals surface area contributed by atoms with Gasteiger partial charge in [0.25, 0.3) is 5.56 Å². The molecule has 1 aliphatic heterocycles. The highest BCUT2D eigenvalue weighted by atomic mass is 35.5. The largest absolute Gasteiger partial charge is 0.494 e. The number of aromatic nitrogens is 2. The van der Waals surface area contributed by atoms with Crippen molar-refractivity contribution in [3.63, 3.8) is 0 Å². The van der Waals surface area contributed by atoms with Crippen molar-refractivity contribution in [2.45, 2.75) is 0 Å². The molecule has 0 radical (unpaired) electrons. The minimum atomic E-state index is -0.514. The SMILES string of the molecule is O=c1[nH]c(=S)n(-c2cc(Cl)cc(Cl)c2)c(O)c1/C=C1\C=CC=N1. The summed E-state index contributed by atoms with van der Waals surface area (Å²) in [7, 11) is 0. The second kappa shape index (κ2) is 6.16. The van der Waals surface area contributed by atoms with Gasteiger partial charge in [-0.2, -0.15) is 0 Å². The standard InChI is InChI=1S/C15H9Cl2N3O2S/c16-8-4-9(17)6-11(5-8)20-14(22)12(13(21)19-15(20)23)7-10-2-1-3-18-10/h1-7,22H,(H,19,21,23)/b10-7+. The first-order chi connectivity index (χ1) is 11.0. The summed E-state index contributed by atoms with van der Waals surface area (Å²) in [5, 5.41) is 11.3. The molecule has 5 nitrogen and oxygen atoms in total.